The van der Waals surface area contributed by atoms with E-state index < -0.39 is 0 Å². The Labute approximate surface area is 131 Å². The summed E-state index contributed by atoms with van der Waals surface area (Å²) in [7, 11) is 0. The Morgan fingerprint density at radius 3 is 2.55 bits per heavy atom. The highest BCUT2D eigenvalue weighted by atomic mass is 35.5. The van der Waals surface area contributed by atoms with E-state index in [9.17, 15) is 0 Å². The number of rotatable bonds is 1. The van der Waals surface area contributed by atoms with E-state index in [1.165, 1.54) is 0 Å². The van der Waals surface area contributed by atoms with Crippen molar-refractivity contribution < 1.29 is 0 Å². The van der Waals surface area contributed by atoms with Gasteiger partial charge in [0, 0.05) is 16.0 Å². The molecule has 0 spiro atoms. The minimum absolute atomic E-state index is 0.388. The zero-order chi connectivity index (χ0) is 14.3. The van der Waals surface area contributed by atoms with E-state index >= 15 is 0 Å². The largest absolute Gasteiger partial charge is 0.228 e. The van der Waals surface area contributed by atoms with Crippen molar-refractivity contribution in [3.8, 4) is 11.4 Å². The predicted octanol–water partition coefficient (Wildman–Crippen LogP) is 5.57. The summed E-state index contributed by atoms with van der Waals surface area (Å²) >= 11 is 18.5. The van der Waals surface area contributed by atoms with Gasteiger partial charge in [0.15, 0.2) is 5.82 Å². The first-order valence-corrected chi connectivity index (χ1v) is 7.08. The van der Waals surface area contributed by atoms with Gasteiger partial charge in [-0.2, -0.15) is 0 Å². The highest BCUT2D eigenvalue weighted by Gasteiger charge is 2.12. The molecule has 0 N–H and O–H groups in total. The summed E-state index contributed by atoms with van der Waals surface area (Å²) in [5.74, 6) is 0.499. The maximum atomic E-state index is 6.31. The summed E-state index contributed by atoms with van der Waals surface area (Å²) in [5.41, 5.74) is 2.43. The Morgan fingerprint density at radius 2 is 1.75 bits per heavy atom. The van der Waals surface area contributed by atoms with Gasteiger partial charge in [0.1, 0.15) is 5.15 Å². The average molecular weight is 324 g/mol. The van der Waals surface area contributed by atoms with Gasteiger partial charge in [0.05, 0.1) is 10.5 Å². The molecule has 0 saturated heterocycles. The van der Waals surface area contributed by atoms with Crippen LogP contribution in [0.1, 0.15) is 5.56 Å². The summed E-state index contributed by atoms with van der Waals surface area (Å²) in [6.07, 6.45) is 0. The average Bonchev–Trinajstić information content (AvgIpc) is 2.41. The molecule has 0 saturated carbocycles. The molecule has 2 aromatic carbocycles. The Hall–Kier alpha value is -1.35. The number of aromatic nitrogens is 2. The van der Waals surface area contributed by atoms with Crippen LogP contribution in [0.5, 0.6) is 0 Å². The molecule has 0 aliphatic rings. The molecular formula is C15H9Cl3N2. The van der Waals surface area contributed by atoms with E-state index in [0.717, 1.165) is 16.5 Å². The Bertz CT molecular complexity index is 816. The van der Waals surface area contributed by atoms with Crippen molar-refractivity contribution >= 4 is 45.7 Å². The van der Waals surface area contributed by atoms with E-state index in [2.05, 4.69) is 9.97 Å². The van der Waals surface area contributed by atoms with Gasteiger partial charge in [0.2, 0.25) is 0 Å². The number of halogens is 3. The van der Waals surface area contributed by atoms with Crippen molar-refractivity contribution in [2.45, 2.75) is 6.92 Å². The van der Waals surface area contributed by atoms with Crippen molar-refractivity contribution in [3.05, 3.63) is 57.2 Å². The topological polar surface area (TPSA) is 25.8 Å². The van der Waals surface area contributed by atoms with Crippen molar-refractivity contribution in [1.82, 2.24) is 9.97 Å². The molecule has 3 aromatic rings. The molecule has 0 fully saturated rings. The third-order valence-corrected chi connectivity index (χ3v) is 4.07. The van der Waals surface area contributed by atoms with E-state index in [1.807, 2.05) is 31.2 Å². The van der Waals surface area contributed by atoms with Gasteiger partial charge in [-0.05, 0) is 36.8 Å². The number of nitrogens with zero attached hydrogens (tertiary/aromatic N) is 2. The van der Waals surface area contributed by atoms with Crippen LogP contribution in [0.3, 0.4) is 0 Å². The number of fused-ring (bicyclic) bond motifs is 1. The van der Waals surface area contributed by atoms with Gasteiger partial charge in [0.25, 0.3) is 0 Å². The van der Waals surface area contributed by atoms with Crippen LogP contribution in [-0.4, -0.2) is 9.97 Å². The summed E-state index contributed by atoms with van der Waals surface area (Å²) in [6, 6.07) is 11.1. The fraction of sp³-hybridized carbons (Fsp3) is 0.0667. The second kappa shape index (κ2) is 5.21. The Balaban J connectivity index is 2.29. The SMILES string of the molecule is Cc1cccc(-c2nc(Cl)c3ccc(Cl)cc3n2)c1Cl. The number of hydrogen-bond acceptors (Lipinski definition) is 2. The van der Waals surface area contributed by atoms with Gasteiger partial charge in [-0.15, -0.1) is 0 Å². The molecule has 5 heteroatoms. The van der Waals surface area contributed by atoms with Crippen LogP contribution in [-0.2, 0) is 0 Å². The molecule has 2 nitrogen and oxygen atoms in total. The van der Waals surface area contributed by atoms with E-state index in [0.29, 0.717) is 26.5 Å². The molecule has 0 radical (unpaired) electrons. The van der Waals surface area contributed by atoms with E-state index in [1.54, 1.807) is 12.1 Å². The molecule has 0 unspecified atom stereocenters. The lowest BCUT2D eigenvalue weighted by atomic mass is 10.1. The first-order valence-electron chi connectivity index (χ1n) is 5.94. The smallest absolute Gasteiger partial charge is 0.163 e. The highest BCUT2D eigenvalue weighted by molar-refractivity contribution is 6.36. The first kappa shape index (κ1) is 13.6. The second-order valence-electron chi connectivity index (χ2n) is 4.44. The standard InChI is InChI=1S/C15H9Cl3N2/c1-8-3-2-4-11(13(8)17)15-19-12-7-9(16)5-6-10(12)14(18)20-15/h2-7H,1H3. The third-order valence-electron chi connectivity index (χ3n) is 3.05. The molecule has 0 aliphatic carbocycles. The highest BCUT2D eigenvalue weighted by Crippen LogP contribution is 2.31. The molecule has 0 amide bonds. The monoisotopic (exact) mass is 322 g/mol. The molecule has 0 atom stereocenters. The van der Waals surface area contributed by atoms with Gasteiger partial charge in [-0.1, -0.05) is 46.9 Å². The normalized spacial score (nSPS) is 11.0. The number of benzene rings is 2. The van der Waals surface area contributed by atoms with Crippen LogP contribution in [0.15, 0.2) is 36.4 Å². The molecule has 1 heterocycles. The lowest BCUT2D eigenvalue weighted by Gasteiger charge is -2.08. The maximum Gasteiger partial charge on any atom is 0.163 e. The first-order chi connectivity index (χ1) is 9.56. The Kier molecular flexibility index (Phi) is 3.55. The fourth-order valence-corrected chi connectivity index (χ4v) is 2.62. The van der Waals surface area contributed by atoms with Crippen molar-refractivity contribution in [1.29, 1.82) is 0 Å². The van der Waals surface area contributed by atoms with Crippen LogP contribution in [0.4, 0.5) is 0 Å². The molecular weight excluding hydrogens is 315 g/mol. The fourth-order valence-electron chi connectivity index (χ4n) is 2.00. The quantitative estimate of drug-likeness (QED) is 0.547. The van der Waals surface area contributed by atoms with Gasteiger partial charge in [-0.3, -0.25) is 0 Å². The van der Waals surface area contributed by atoms with Crippen LogP contribution in [0.2, 0.25) is 15.2 Å². The molecule has 0 aliphatic heterocycles. The molecule has 20 heavy (non-hydrogen) atoms. The van der Waals surface area contributed by atoms with E-state index in [-0.39, 0.29) is 0 Å². The lowest BCUT2D eigenvalue weighted by Crippen LogP contribution is -1.93. The number of hydrogen-bond donors (Lipinski definition) is 0. The maximum absolute atomic E-state index is 6.31. The Morgan fingerprint density at radius 1 is 0.950 bits per heavy atom. The van der Waals surface area contributed by atoms with Crippen LogP contribution in [0.25, 0.3) is 22.3 Å². The van der Waals surface area contributed by atoms with Crippen molar-refractivity contribution in [3.63, 3.8) is 0 Å². The zero-order valence-corrected chi connectivity index (χ0v) is 12.8. The molecule has 3 rings (SSSR count). The van der Waals surface area contributed by atoms with E-state index in [4.69, 9.17) is 34.8 Å². The van der Waals surface area contributed by atoms with Crippen molar-refractivity contribution in [2.24, 2.45) is 0 Å². The molecule has 0 bridgehead atoms. The van der Waals surface area contributed by atoms with Crippen LogP contribution in [0, 0.1) is 6.92 Å². The summed E-state index contributed by atoms with van der Waals surface area (Å²) in [5, 5.41) is 2.39. The third kappa shape index (κ3) is 2.35. The van der Waals surface area contributed by atoms with Gasteiger partial charge >= 0.3 is 0 Å². The summed E-state index contributed by atoms with van der Waals surface area (Å²) < 4.78 is 0. The zero-order valence-electron chi connectivity index (χ0n) is 10.5. The summed E-state index contributed by atoms with van der Waals surface area (Å²) in [6.45, 7) is 1.94. The number of aryl methyl sites for hydroxylation is 1. The second-order valence-corrected chi connectivity index (χ2v) is 5.61. The summed E-state index contributed by atoms with van der Waals surface area (Å²) in [4.78, 5) is 8.83. The van der Waals surface area contributed by atoms with Crippen molar-refractivity contribution in [2.75, 3.05) is 0 Å². The lowest BCUT2D eigenvalue weighted by molar-refractivity contribution is 1.22. The van der Waals surface area contributed by atoms with Crippen LogP contribution < -0.4 is 0 Å². The molecule has 100 valence electrons. The van der Waals surface area contributed by atoms with Gasteiger partial charge < -0.3 is 0 Å². The van der Waals surface area contributed by atoms with Gasteiger partial charge in [-0.25, -0.2) is 9.97 Å². The minimum Gasteiger partial charge on any atom is -0.228 e. The predicted molar refractivity (Wildman–Crippen MR) is 84.7 cm³/mol. The van der Waals surface area contributed by atoms with Crippen LogP contribution >= 0.6 is 34.8 Å². The minimum atomic E-state index is 0.388. The molecule has 1 aromatic heterocycles.